The van der Waals surface area contributed by atoms with Gasteiger partial charge in [0.1, 0.15) is 17.3 Å². The molecule has 1 aromatic heterocycles. The molecule has 0 fully saturated rings. The molecule has 0 spiro atoms. The van der Waals surface area contributed by atoms with Crippen LogP contribution in [0.5, 0.6) is 5.75 Å². The molecular weight excluding hydrogens is 443 g/mol. The van der Waals surface area contributed by atoms with Gasteiger partial charge in [-0.3, -0.25) is 10.1 Å². The third-order valence-electron chi connectivity index (χ3n) is 4.13. The Morgan fingerprint density at radius 1 is 1.13 bits per heavy atom. The molecule has 0 bridgehead atoms. The lowest BCUT2D eigenvalue weighted by Crippen LogP contribution is -2.32. The van der Waals surface area contributed by atoms with Crippen molar-refractivity contribution in [2.45, 2.75) is 13.3 Å². The van der Waals surface area contributed by atoms with Gasteiger partial charge in [0.15, 0.2) is 5.11 Å². The van der Waals surface area contributed by atoms with Crippen molar-refractivity contribution < 1.29 is 14.3 Å². The molecule has 3 N–H and O–H groups in total. The van der Waals surface area contributed by atoms with E-state index in [1.807, 2.05) is 13.0 Å². The molecule has 30 heavy (non-hydrogen) atoms. The van der Waals surface area contributed by atoms with E-state index in [0.717, 1.165) is 17.5 Å². The Morgan fingerprint density at radius 3 is 2.57 bits per heavy atom. The summed E-state index contributed by atoms with van der Waals surface area (Å²) in [5.41, 5.74) is 2.19. The molecule has 0 unspecified atom stereocenters. The first kappa shape index (κ1) is 21.9. The highest BCUT2D eigenvalue weighted by atomic mass is 35.5. The van der Waals surface area contributed by atoms with Gasteiger partial charge in [-0.15, -0.1) is 0 Å². The van der Waals surface area contributed by atoms with Gasteiger partial charge >= 0.3 is 0 Å². The lowest BCUT2D eigenvalue weighted by molar-refractivity contribution is -0.115. The molecule has 1 heterocycles. The fourth-order valence-corrected chi connectivity index (χ4v) is 3.40. The molecule has 0 aliphatic heterocycles. The number of furan rings is 1. The standard InChI is InChI=1S/C22H18Cl2N2O3S/c1-2-13-3-6-19(27)18(9-13)25-22(30)26-21(28)8-5-17-4-7-20(29-17)14-10-15(23)12-16(24)11-14/h3-12,27H,2H2,1H3,(H2,25,26,28,30)/b8-5+. The molecule has 154 valence electrons. The Bertz CT molecular complexity index is 1110. The van der Waals surface area contributed by atoms with Crippen molar-refractivity contribution in [2.75, 3.05) is 5.32 Å². The Kier molecular flexibility index (Phi) is 7.15. The van der Waals surface area contributed by atoms with Crippen LogP contribution in [0.2, 0.25) is 10.0 Å². The lowest BCUT2D eigenvalue weighted by atomic mass is 10.1. The van der Waals surface area contributed by atoms with Crippen LogP contribution in [0.15, 0.2) is 59.0 Å². The summed E-state index contributed by atoms with van der Waals surface area (Å²) >= 11 is 17.2. The lowest BCUT2D eigenvalue weighted by Gasteiger charge is -2.11. The summed E-state index contributed by atoms with van der Waals surface area (Å²) in [7, 11) is 0. The molecule has 5 nitrogen and oxygen atoms in total. The molecule has 1 amide bonds. The van der Waals surface area contributed by atoms with Gasteiger partial charge < -0.3 is 14.8 Å². The molecule has 0 saturated carbocycles. The summed E-state index contributed by atoms with van der Waals surface area (Å²) in [6.45, 7) is 2.00. The smallest absolute Gasteiger partial charge is 0.250 e. The van der Waals surface area contributed by atoms with Crippen LogP contribution in [0.25, 0.3) is 17.4 Å². The number of aromatic hydroxyl groups is 1. The summed E-state index contributed by atoms with van der Waals surface area (Å²) in [6, 6.07) is 13.8. The molecule has 0 aliphatic rings. The summed E-state index contributed by atoms with van der Waals surface area (Å²) in [5, 5.41) is 16.3. The number of phenols is 1. The topological polar surface area (TPSA) is 74.5 Å². The summed E-state index contributed by atoms with van der Waals surface area (Å²) in [5.74, 6) is 0.650. The van der Waals surface area contributed by atoms with Gasteiger partial charge in [-0.25, -0.2) is 0 Å². The van der Waals surface area contributed by atoms with E-state index >= 15 is 0 Å². The van der Waals surface area contributed by atoms with Gasteiger partial charge in [0.25, 0.3) is 0 Å². The second-order valence-electron chi connectivity index (χ2n) is 6.34. The number of aryl methyl sites for hydroxylation is 1. The molecular formula is C22H18Cl2N2O3S. The minimum Gasteiger partial charge on any atom is -0.506 e. The van der Waals surface area contributed by atoms with Crippen LogP contribution >= 0.6 is 35.4 Å². The van der Waals surface area contributed by atoms with E-state index in [9.17, 15) is 9.90 Å². The minimum absolute atomic E-state index is 0.0450. The zero-order valence-corrected chi connectivity index (χ0v) is 18.2. The molecule has 0 atom stereocenters. The van der Waals surface area contributed by atoms with Gasteiger partial charge in [-0.1, -0.05) is 36.2 Å². The van der Waals surface area contributed by atoms with Crippen LogP contribution in [-0.4, -0.2) is 16.1 Å². The van der Waals surface area contributed by atoms with Gasteiger partial charge in [-0.2, -0.15) is 0 Å². The fourth-order valence-electron chi connectivity index (χ4n) is 2.66. The number of anilines is 1. The second kappa shape index (κ2) is 9.80. The highest BCUT2D eigenvalue weighted by molar-refractivity contribution is 7.80. The third-order valence-corrected chi connectivity index (χ3v) is 4.77. The molecule has 8 heteroatoms. The number of rotatable bonds is 5. The number of phenolic OH excluding ortho intramolecular Hbond substituents is 1. The quantitative estimate of drug-likeness (QED) is 0.245. The maximum absolute atomic E-state index is 12.1. The number of halogens is 2. The second-order valence-corrected chi connectivity index (χ2v) is 7.62. The van der Waals surface area contributed by atoms with Gasteiger partial charge in [-0.05, 0) is 72.7 Å². The number of carbonyl (C=O) groups excluding carboxylic acids is 1. The van der Waals surface area contributed by atoms with Gasteiger partial charge in [0, 0.05) is 21.7 Å². The number of amides is 1. The fraction of sp³-hybridized carbons (Fsp3) is 0.0909. The average molecular weight is 461 g/mol. The van der Waals surface area contributed by atoms with E-state index in [2.05, 4.69) is 10.6 Å². The van der Waals surface area contributed by atoms with Gasteiger partial charge in [0.05, 0.1) is 5.69 Å². The third kappa shape index (κ3) is 5.86. The van der Waals surface area contributed by atoms with Crippen LogP contribution in [0.1, 0.15) is 18.2 Å². The van der Waals surface area contributed by atoms with Crippen molar-refractivity contribution in [3.63, 3.8) is 0 Å². The number of hydrogen-bond donors (Lipinski definition) is 3. The Balaban J connectivity index is 1.61. The van der Waals surface area contributed by atoms with Crippen molar-refractivity contribution in [2.24, 2.45) is 0 Å². The number of hydrogen-bond acceptors (Lipinski definition) is 4. The van der Waals surface area contributed by atoms with E-state index in [4.69, 9.17) is 39.8 Å². The Labute approximate surface area is 189 Å². The maximum Gasteiger partial charge on any atom is 0.250 e. The number of thiocarbonyl (C=S) groups is 1. The Hall–Kier alpha value is -2.80. The largest absolute Gasteiger partial charge is 0.506 e. The van der Waals surface area contributed by atoms with Crippen molar-refractivity contribution in [1.82, 2.24) is 5.32 Å². The van der Waals surface area contributed by atoms with Crippen molar-refractivity contribution >= 4 is 58.2 Å². The SMILES string of the molecule is CCc1ccc(O)c(NC(=S)NC(=O)/C=C/c2ccc(-c3cc(Cl)cc(Cl)c3)o2)c1. The summed E-state index contributed by atoms with van der Waals surface area (Å²) in [4.78, 5) is 12.1. The van der Waals surface area contributed by atoms with E-state index in [-0.39, 0.29) is 10.9 Å². The maximum atomic E-state index is 12.1. The van der Waals surface area contributed by atoms with Crippen molar-refractivity contribution in [3.05, 3.63) is 76.0 Å². The molecule has 2 aromatic carbocycles. The molecule has 3 rings (SSSR count). The van der Waals surface area contributed by atoms with Crippen LogP contribution in [0.4, 0.5) is 5.69 Å². The summed E-state index contributed by atoms with van der Waals surface area (Å²) < 4.78 is 5.71. The zero-order valence-electron chi connectivity index (χ0n) is 15.9. The minimum atomic E-state index is -0.442. The van der Waals surface area contributed by atoms with Crippen LogP contribution < -0.4 is 10.6 Å². The highest BCUT2D eigenvalue weighted by Crippen LogP contribution is 2.29. The number of benzene rings is 2. The molecule has 0 radical (unpaired) electrons. The predicted molar refractivity (Wildman–Crippen MR) is 125 cm³/mol. The number of carbonyl (C=O) groups is 1. The van der Waals surface area contributed by atoms with E-state index in [0.29, 0.717) is 27.3 Å². The normalized spacial score (nSPS) is 10.9. The average Bonchev–Trinajstić information content (AvgIpc) is 3.16. The summed E-state index contributed by atoms with van der Waals surface area (Å²) in [6.07, 6.45) is 3.62. The van der Waals surface area contributed by atoms with Crippen LogP contribution in [0, 0.1) is 0 Å². The van der Waals surface area contributed by atoms with E-state index in [1.165, 1.54) is 12.2 Å². The predicted octanol–water partition coefficient (Wildman–Crippen LogP) is 6.05. The highest BCUT2D eigenvalue weighted by Gasteiger charge is 2.08. The molecule has 0 aliphatic carbocycles. The van der Waals surface area contributed by atoms with Crippen molar-refractivity contribution in [1.29, 1.82) is 0 Å². The van der Waals surface area contributed by atoms with Crippen LogP contribution in [-0.2, 0) is 11.2 Å². The molecule has 0 saturated heterocycles. The van der Waals surface area contributed by atoms with Gasteiger partial charge in [0.2, 0.25) is 5.91 Å². The zero-order chi connectivity index (χ0) is 21.7. The number of nitrogens with one attached hydrogen (secondary N) is 2. The van der Waals surface area contributed by atoms with E-state index in [1.54, 1.807) is 42.5 Å². The monoisotopic (exact) mass is 460 g/mol. The van der Waals surface area contributed by atoms with Crippen molar-refractivity contribution in [3.8, 4) is 17.1 Å². The molecule has 3 aromatic rings. The first-order chi connectivity index (χ1) is 14.3. The Morgan fingerprint density at radius 2 is 1.87 bits per heavy atom. The van der Waals surface area contributed by atoms with Crippen LogP contribution in [0.3, 0.4) is 0 Å². The first-order valence-corrected chi connectivity index (χ1v) is 10.2. The van der Waals surface area contributed by atoms with E-state index < -0.39 is 5.91 Å². The first-order valence-electron chi connectivity index (χ1n) is 9.02.